The Balaban J connectivity index is 2.15. The van der Waals surface area contributed by atoms with Crippen LogP contribution in [0.3, 0.4) is 0 Å². The molecule has 1 heterocycles. The molecule has 2 aromatic rings. The van der Waals surface area contributed by atoms with E-state index in [1.54, 1.807) is 11.3 Å². The normalized spacial score (nSPS) is 10.7. The summed E-state index contributed by atoms with van der Waals surface area (Å²) in [5.41, 5.74) is 3.45. The van der Waals surface area contributed by atoms with Crippen molar-refractivity contribution < 1.29 is 4.74 Å². The summed E-state index contributed by atoms with van der Waals surface area (Å²) >= 11 is 5.20. The fourth-order valence-corrected chi connectivity index (χ4v) is 3.05. The third kappa shape index (κ3) is 2.93. The van der Waals surface area contributed by atoms with Gasteiger partial charge in [-0.25, -0.2) is 4.98 Å². The molecular formula is C14H16BrNOS. The molecule has 0 bridgehead atoms. The third-order valence-corrected chi connectivity index (χ3v) is 4.50. The maximum Gasteiger partial charge on any atom is 0.140 e. The summed E-state index contributed by atoms with van der Waals surface area (Å²) < 4.78 is 5.93. The Morgan fingerprint density at radius 2 is 2.06 bits per heavy atom. The number of para-hydroxylation sites is 1. The van der Waals surface area contributed by atoms with Crippen LogP contribution in [0, 0.1) is 20.8 Å². The molecule has 0 aliphatic rings. The second kappa shape index (κ2) is 5.85. The minimum absolute atomic E-state index is 0.546. The van der Waals surface area contributed by atoms with Crippen LogP contribution in [0.4, 0.5) is 0 Å². The van der Waals surface area contributed by atoms with E-state index < -0.39 is 0 Å². The second-order valence-electron chi connectivity index (χ2n) is 4.23. The Labute approximate surface area is 120 Å². The van der Waals surface area contributed by atoms with Crippen LogP contribution >= 0.6 is 27.3 Å². The molecule has 4 heteroatoms. The van der Waals surface area contributed by atoms with Gasteiger partial charge in [-0.15, -0.1) is 11.3 Å². The molecule has 0 aliphatic carbocycles. The SMILES string of the molecule is Cc1cccc(CBr)c1OCc1nc(C)c(C)s1. The molecule has 0 N–H and O–H groups in total. The maximum atomic E-state index is 5.93. The third-order valence-electron chi connectivity index (χ3n) is 2.85. The zero-order valence-electron chi connectivity index (χ0n) is 10.8. The van der Waals surface area contributed by atoms with E-state index in [-0.39, 0.29) is 0 Å². The van der Waals surface area contributed by atoms with Crippen LogP contribution in [0.2, 0.25) is 0 Å². The largest absolute Gasteiger partial charge is 0.486 e. The molecule has 0 saturated carbocycles. The van der Waals surface area contributed by atoms with Crippen LogP contribution in [0.5, 0.6) is 5.75 Å². The first-order valence-electron chi connectivity index (χ1n) is 5.82. The Hall–Kier alpha value is -0.870. The predicted molar refractivity (Wildman–Crippen MR) is 79.7 cm³/mol. The van der Waals surface area contributed by atoms with Gasteiger partial charge in [0.05, 0.1) is 5.69 Å². The van der Waals surface area contributed by atoms with Crippen molar-refractivity contribution in [3.8, 4) is 5.75 Å². The van der Waals surface area contributed by atoms with Crippen molar-refractivity contribution in [1.82, 2.24) is 4.98 Å². The summed E-state index contributed by atoms with van der Waals surface area (Å²) in [4.78, 5) is 5.76. The number of alkyl halides is 1. The number of ether oxygens (including phenoxy) is 1. The van der Waals surface area contributed by atoms with E-state index in [0.717, 1.165) is 27.3 Å². The average molecular weight is 326 g/mol. The number of benzene rings is 1. The van der Waals surface area contributed by atoms with Crippen LogP contribution in [0.15, 0.2) is 18.2 Å². The highest BCUT2D eigenvalue weighted by molar-refractivity contribution is 9.08. The van der Waals surface area contributed by atoms with Crippen molar-refractivity contribution in [2.45, 2.75) is 32.7 Å². The highest BCUT2D eigenvalue weighted by Crippen LogP contribution is 2.27. The van der Waals surface area contributed by atoms with Crippen molar-refractivity contribution in [1.29, 1.82) is 0 Å². The van der Waals surface area contributed by atoms with Gasteiger partial charge >= 0.3 is 0 Å². The molecule has 0 radical (unpaired) electrons. The number of hydrogen-bond donors (Lipinski definition) is 0. The van der Waals surface area contributed by atoms with Crippen LogP contribution in [0.1, 0.15) is 26.7 Å². The zero-order chi connectivity index (χ0) is 13.1. The molecule has 96 valence electrons. The Morgan fingerprint density at radius 3 is 2.67 bits per heavy atom. The summed E-state index contributed by atoms with van der Waals surface area (Å²) in [6.07, 6.45) is 0. The number of halogens is 1. The monoisotopic (exact) mass is 325 g/mol. The van der Waals surface area contributed by atoms with Crippen molar-refractivity contribution in [2.24, 2.45) is 0 Å². The minimum Gasteiger partial charge on any atom is -0.486 e. The van der Waals surface area contributed by atoms with Crippen LogP contribution < -0.4 is 4.74 Å². The average Bonchev–Trinajstić information content (AvgIpc) is 2.67. The molecule has 1 aromatic carbocycles. The highest BCUT2D eigenvalue weighted by atomic mass is 79.9. The van der Waals surface area contributed by atoms with Crippen molar-refractivity contribution in [3.63, 3.8) is 0 Å². The molecule has 18 heavy (non-hydrogen) atoms. The maximum absolute atomic E-state index is 5.93. The number of hydrogen-bond acceptors (Lipinski definition) is 3. The van der Waals surface area contributed by atoms with E-state index in [1.165, 1.54) is 10.4 Å². The number of rotatable bonds is 4. The van der Waals surface area contributed by atoms with Crippen LogP contribution in [0.25, 0.3) is 0 Å². The quantitative estimate of drug-likeness (QED) is 0.770. The molecule has 0 atom stereocenters. The first-order chi connectivity index (χ1) is 8.61. The number of aromatic nitrogens is 1. The molecule has 1 aromatic heterocycles. The van der Waals surface area contributed by atoms with Gasteiger partial charge in [-0.05, 0) is 26.3 Å². The predicted octanol–water partition coefficient (Wildman–Crippen LogP) is 4.54. The lowest BCUT2D eigenvalue weighted by atomic mass is 10.1. The van der Waals surface area contributed by atoms with Gasteiger partial charge < -0.3 is 4.74 Å². The van der Waals surface area contributed by atoms with Crippen molar-refractivity contribution >= 4 is 27.3 Å². The van der Waals surface area contributed by atoms with Crippen molar-refractivity contribution in [3.05, 3.63) is 44.9 Å². The molecule has 0 aliphatic heterocycles. The summed E-state index contributed by atoms with van der Waals surface area (Å²) in [5.74, 6) is 0.972. The standard InChI is InChI=1S/C14H16BrNOS/c1-9-5-4-6-12(7-15)14(9)17-8-13-16-10(2)11(3)18-13/h4-6H,7-8H2,1-3H3. The lowest BCUT2D eigenvalue weighted by Gasteiger charge is -2.11. The van der Waals surface area contributed by atoms with Gasteiger partial charge in [-0.1, -0.05) is 34.1 Å². The van der Waals surface area contributed by atoms with Crippen LogP contribution in [-0.2, 0) is 11.9 Å². The van der Waals surface area contributed by atoms with Gasteiger partial charge in [0.25, 0.3) is 0 Å². The lowest BCUT2D eigenvalue weighted by Crippen LogP contribution is -1.99. The molecule has 0 fully saturated rings. The van der Waals surface area contributed by atoms with Gasteiger partial charge in [0.2, 0.25) is 0 Å². The molecule has 0 spiro atoms. The van der Waals surface area contributed by atoms with E-state index in [4.69, 9.17) is 4.74 Å². The molecule has 2 rings (SSSR count). The smallest absolute Gasteiger partial charge is 0.140 e. The van der Waals surface area contributed by atoms with E-state index in [9.17, 15) is 0 Å². The first-order valence-corrected chi connectivity index (χ1v) is 7.75. The van der Waals surface area contributed by atoms with E-state index >= 15 is 0 Å². The Morgan fingerprint density at radius 1 is 1.28 bits per heavy atom. The molecular weight excluding hydrogens is 310 g/mol. The van der Waals surface area contributed by atoms with Gasteiger partial charge in [-0.3, -0.25) is 0 Å². The van der Waals surface area contributed by atoms with Gasteiger partial charge in [0, 0.05) is 15.8 Å². The zero-order valence-corrected chi connectivity index (χ0v) is 13.2. The molecule has 2 nitrogen and oxygen atoms in total. The summed E-state index contributed by atoms with van der Waals surface area (Å²) in [7, 11) is 0. The molecule has 0 saturated heterocycles. The lowest BCUT2D eigenvalue weighted by molar-refractivity contribution is 0.301. The van der Waals surface area contributed by atoms with Gasteiger partial charge in [-0.2, -0.15) is 0 Å². The second-order valence-corrected chi connectivity index (χ2v) is 6.08. The number of thiazole rings is 1. The van der Waals surface area contributed by atoms with E-state index in [2.05, 4.69) is 53.0 Å². The minimum atomic E-state index is 0.546. The van der Waals surface area contributed by atoms with E-state index in [1.807, 2.05) is 6.92 Å². The molecule has 0 unspecified atom stereocenters. The topological polar surface area (TPSA) is 22.1 Å². The highest BCUT2D eigenvalue weighted by Gasteiger charge is 2.08. The molecule has 0 amide bonds. The fraction of sp³-hybridized carbons (Fsp3) is 0.357. The van der Waals surface area contributed by atoms with Gasteiger partial charge in [0.15, 0.2) is 0 Å². The summed E-state index contributed by atoms with van der Waals surface area (Å²) in [6.45, 7) is 6.74. The fourth-order valence-electron chi connectivity index (χ4n) is 1.76. The van der Waals surface area contributed by atoms with E-state index in [0.29, 0.717) is 6.61 Å². The Kier molecular flexibility index (Phi) is 4.40. The number of aryl methyl sites for hydroxylation is 3. The van der Waals surface area contributed by atoms with Crippen LogP contribution in [-0.4, -0.2) is 4.98 Å². The van der Waals surface area contributed by atoms with Gasteiger partial charge in [0.1, 0.15) is 17.4 Å². The Bertz CT molecular complexity index is 531. The number of nitrogens with zero attached hydrogens (tertiary/aromatic N) is 1. The van der Waals surface area contributed by atoms with Crippen molar-refractivity contribution in [2.75, 3.05) is 0 Å². The summed E-state index contributed by atoms with van der Waals surface area (Å²) in [5, 5.41) is 1.84. The summed E-state index contributed by atoms with van der Waals surface area (Å²) in [6, 6.07) is 6.20. The first kappa shape index (κ1) is 13.6.